The van der Waals surface area contributed by atoms with E-state index < -0.39 is 11.7 Å². The number of aliphatic imine (C=N–C) groups is 1. The van der Waals surface area contributed by atoms with Gasteiger partial charge in [0.2, 0.25) is 5.90 Å². The molecule has 1 atom stereocenters. The van der Waals surface area contributed by atoms with Crippen LogP contribution in [0.3, 0.4) is 0 Å². The van der Waals surface area contributed by atoms with E-state index in [0.717, 1.165) is 18.7 Å². The maximum Gasteiger partial charge on any atom is 0.417 e. The fourth-order valence-electron chi connectivity index (χ4n) is 1.91. The van der Waals surface area contributed by atoms with Gasteiger partial charge in [-0.15, -0.1) is 0 Å². The molecule has 0 saturated carbocycles. The molecule has 0 fully saturated rings. The van der Waals surface area contributed by atoms with Gasteiger partial charge < -0.3 is 4.74 Å². The molecule has 0 saturated heterocycles. The molecule has 1 aliphatic rings. The van der Waals surface area contributed by atoms with E-state index >= 15 is 0 Å². The fraction of sp³-hybridized carbons (Fsp3) is 0.538. The summed E-state index contributed by atoms with van der Waals surface area (Å²) in [7, 11) is 0. The van der Waals surface area contributed by atoms with E-state index in [0.29, 0.717) is 24.1 Å². The van der Waals surface area contributed by atoms with E-state index in [2.05, 4.69) is 23.8 Å². The Morgan fingerprint density at radius 1 is 1.37 bits per heavy atom. The van der Waals surface area contributed by atoms with Gasteiger partial charge in [0.15, 0.2) is 0 Å². The Balaban J connectivity index is 2.11. The van der Waals surface area contributed by atoms with Gasteiger partial charge in [0.25, 0.3) is 0 Å². The van der Waals surface area contributed by atoms with Crippen molar-refractivity contribution in [1.29, 1.82) is 0 Å². The number of ether oxygens (including phenoxy) is 1. The Morgan fingerprint density at radius 2 is 2.11 bits per heavy atom. The zero-order valence-electron chi connectivity index (χ0n) is 10.7. The second-order valence-corrected chi connectivity index (χ2v) is 4.96. The predicted molar refractivity (Wildman–Crippen MR) is 65.0 cm³/mol. The Bertz CT molecular complexity index is 466. The second-order valence-electron chi connectivity index (χ2n) is 4.96. The van der Waals surface area contributed by atoms with Crippen molar-refractivity contribution in [3.8, 4) is 0 Å². The van der Waals surface area contributed by atoms with Crippen LogP contribution in [0.5, 0.6) is 0 Å². The minimum Gasteiger partial charge on any atom is -0.474 e. The highest BCUT2D eigenvalue weighted by Crippen LogP contribution is 2.28. The van der Waals surface area contributed by atoms with Crippen LogP contribution >= 0.6 is 0 Å². The summed E-state index contributed by atoms with van der Waals surface area (Å²) in [5, 5.41) is 0. The topological polar surface area (TPSA) is 34.5 Å². The number of alkyl halides is 3. The molecule has 2 rings (SSSR count). The average Bonchev–Trinajstić information content (AvgIpc) is 2.75. The predicted octanol–water partition coefficient (Wildman–Crippen LogP) is 3.29. The second kappa shape index (κ2) is 5.19. The van der Waals surface area contributed by atoms with Gasteiger partial charge in [0.05, 0.1) is 11.6 Å². The molecule has 0 aliphatic carbocycles. The van der Waals surface area contributed by atoms with Crippen LogP contribution < -0.4 is 0 Å². The average molecular weight is 272 g/mol. The molecular weight excluding hydrogens is 257 g/mol. The number of pyridine rings is 1. The van der Waals surface area contributed by atoms with Crippen molar-refractivity contribution in [2.75, 3.05) is 6.61 Å². The minimum atomic E-state index is -4.37. The molecule has 0 aromatic carbocycles. The summed E-state index contributed by atoms with van der Waals surface area (Å²) in [6, 6.07) is 2.35. The van der Waals surface area contributed by atoms with E-state index in [1.165, 1.54) is 6.07 Å². The van der Waals surface area contributed by atoms with Crippen molar-refractivity contribution in [3.63, 3.8) is 0 Å². The summed E-state index contributed by atoms with van der Waals surface area (Å²) in [4.78, 5) is 8.11. The van der Waals surface area contributed by atoms with Gasteiger partial charge >= 0.3 is 6.18 Å². The summed E-state index contributed by atoms with van der Waals surface area (Å²) in [6.45, 7) is 4.64. The minimum absolute atomic E-state index is 0.0686. The Hall–Kier alpha value is -1.59. The maximum absolute atomic E-state index is 12.4. The van der Waals surface area contributed by atoms with E-state index in [9.17, 15) is 13.2 Å². The van der Waals surface area contributed by atoms with E-state index in [1.54, 1.807) is 0 Å². The van der Waals surface area contributed by atoms with Gasteiger partial charge in [0.1, 0.15) is 12.3 Å². The third-order valence-electron chi connectivity index (χ3n) is 2.77. The molecular formula is C13H15F3N2O. The monoisotopic (exact) mass is 272 g/mol. The standard InChI is InChI=1S/C13H15F3N2O/c1-8(2)5-10-7-19-12(18-10)11-4-3-9(6-17-11)13(14,15)16/h3-4,6,8,10H,5,7H2,1-2H3/t10-/m0/s1. The molecule has 0 amide bonds. The smallest absolute Gasteiger partial charge is 0.417 e. The lowest BCUT2D eigenvalue weighted by atomic mass is 10.1. The first kappa shape index (κ1) is 13.8. The van der Waals surface area contributed by atoms with Crippen LogP contribution in [-0.2, 0) is 10.9 Å². The lowest BCUT2D eigenvalue weighted by Crippen LogP contribution is -2.09. The molecule has 1 aliphatic heterocycles. The van der Waals surface area contributed by atoms with Gasteiger partial charge in [0, 0.05) is 6.20 Å². The van der Waals surface area contributed by atoms with Crippen molar-refractivity contribution in [2.24, 2.45) is 10.9 Å². The quantitative estimate of drug-likeness (QED) is 0.846. The Morgan fingerprint density at radius 3 is 2.63 bits per heavy atom. The van der Waals surface area contributed by atoms with Crippen molar-refractivity contribution in [2.45, 2.75) is 32.5 Å². The maximum atomic E-state index is 12.4. The molecule has 0 bridgehead atoms. The third kappa shape index (κ3) is 3.45. The van der Waals surface area contributed by atoms with E-state index in [-0.39, 0.29) is 6.04 Å². The highest BCUT2D eigenvalue weighted by Gasteiger charge is 2.31. The van der Waals surface area contributed by atoms with Gasteiger partial charge in [-0.2, -0.15) is 13.2 Å². The number of nitrogens with zero attached hydrogens (tertiary/aromatic N) is 2. The molecule has 3 nitrogen and oxygen atoms in total. The number of halogens is 3. The zero-order valence-corrected chi connectivity index (χ0v) is 10.7. The SMILES string of the molecule is CC(C)C[C@H]1COC(c2ccc(C(F)(F)F)cn2)=N1. The molecule has 1 aromatic heterocycles. The van der Waals surface area contributed by atoms with Gasteiger partial charge in [-0.05, 0) is 24.5 Å². The summed E-state index contributed by atoms with van der Waals surface area (Å²) in [5.74, 6) is 0.830. The number of hydrogen-bond donors (Lipinski definition) is 0. The Kier molecular flexibility index (Phi) is 3.78. The van der Waals surface area contributed by atoms with Crippen LogP contribution in [0.15, 0.2) is 23.3 Å². The van der Waals surface area contributed by atoms with Gasteiger partial charge in [-0.3, -0.25) is 4.98 Å². The van der Waals surface area contributed by atoms with Crippen LogP contribution in [0.1, 0.15) is 31.5 Å². The van der Waals surface area contributed by atoms with E-state index in [1.807, 2.05) is 0 Å². The Labute approximate surface area is 109 Å². The largest absolute Gasteiger partial charge is 0.474 e. The molecule has 0 unspecified atom stereocenters. The lowest BCUT2D eigenvalue weighted by Gasteiger charge is -2.06. The molecule has 0 N–H and O–H groups in total. The molecule has 2 heterocycles. The van der Waals surface area contributed by atoms with Crippen LogP contribution in [0.4, 0.5) is 13.2 Å². The van der Waals surface area contributed by atoms with Crippen LogP contribution in [-0.4, -0.2) is 23.5 Å². The number of hydrogen-bond acceptors (Lipinski definition) is 3. The first-order valence-electron chi connectivity index (χ1n) is 6.10. The highest BCUT2D eigenvalue weighted by atomic mass is 19.4. The molecule has 1 aromatic rings. The highest BCUT2D eigenvalue weighted by molar-refractivity contribution is 5.93. The summed E-state index contributed by atoms with van der Waals surface area (Å²) >= 11 is 0. The fourth-order valence-corrected chi connectivity index (χ4v) is 1.91. The van der Waals surface area contributed by atoms with Gasteiger partial charge in [-0.1, -0.05) is 13.8 Å². The molecule has 0 radical (unpaired) electrons. The number of aromatic nitrogens is 1. The first-order chi connectivity index (χ1) is 8.86. The summed E-state index contributed by atoms with van der Waals surface area (Å²) in [5.41, 5.74) is -0.423. The molecule has 104 valence electrons. The molecule has 19 heavy (non-hydrogen) atoms. The van der Waals surface area contributed by atoms with Crippen molar-refractivity contribution >= 4 is 5.90 Å². The normalized spacial score (nSPS) is 19.5. The van der Waals surface area contributed by atoms with Gasteiger partial charge in [-0.25, -0.2) is 4.99 Å². The molecule has 6 heteroatoms. The van der Waals surface area contributed by atoms with Crippen molar-refractivity contribution in [3.05, 3.63) is 29.6 Å². The van der Waals surface area contributed by atoms with Crippen LogP contribution in [0.25, 0.3) is 0 Å². The summed E-state index contributed by atoms with van der Waals surface area (Å²) in [6.07, 6.45) is -2.68. The van der Waals surface area contributed by atoms with Crippen LogP contribution in [0, 0.1) is 5.92 Å². The molecule has 0 spiro atoms. The van der Waals surface area contributed by atoms with E-state index in [4.69, 9.17) is 4.74 Å². The lowest BCUT2D eigenvalue weighted by molar-refractivity contribution is -0.137. The number of rotatable bonds is 3. The first-order valence-corrected chi connectivity index (χ1v) is 6.10. The summed E-state index contributed by atoms with van der Waals surface area (Å²) < 4.78 is 42.6. The van der Waals surface area contributed by atoms with Crippen molar-refractivity contribution < 1.29 is 17.9 Å². The van der Waals surface area contributed by atoms with Crippen molar-refractivity contribution in [1.82, 2.24) is 4.98 Å². The zero-order chi connectivity index (χ0) is 14.0. The van der Waals surface area contributed by atoms with Crippen LogP contribution in [0.2, 0.25) is 0 Å². The third-order valence-corrected chi connectivity index (χ3v) is 2.77.